The lowest BCUT2D eigenvalue weighted by atomic mass is 10.2. The van der Waals surface area contributed by atoms with E-state index in [2.05, 4.69) is 22.1 Å². The normalized spacial score (nSPS) is 16.6. The van der Waals surface area contributed by atoms with E-state index >= 15 is 0 Å². The molecule has 0 unspecified atom stereocenters. The Balaban J connectivity index is 1.62. The average molecular weight is 376 g/mol. The Hall–Kier alpha value is -2.19. The van der Waals surface area contributed by atoms with Crippen molar-refractivity contribution in [2.75, 3.05) is 18.9 Å². The van der Waals surface area contributed by atoms with Gasteiger partial charge in [0, 0.05) is 25.3 Å². The number of halogens is 1. The van der Waals surface area contributed by atoms with E-state index in [4.69, 9.17) is 4.74 Å². The molecule has 1 aromatic heterocycles. The second-order valence-corrected chi connectivity index (χ2v) is 6.88. The zero-order valence-corrected chi connectivity index (χ0v) is 15.2. The van der Waals surface area contributed by atoms with Crippen LogP contribution in [0.4, 0.5) is 4.39 Å². The van der Waals surface area contributed by atoms with Crippen molar-refractivity contribution in [3.8, 4) is 11.4 Å². The highest BCUT2D eigenvalue weighted by Crippen LogP contribution is 2.24. The molecule has 2 heterocycles. The minimum absolute atomic E-state index is 0.0676. The first-order valence-corrected chi connectivity index (χ1v) is 9.47. The molecular weight excluding hydrogens is 355 g/mol. The highest BCUT2D eigenvalue weighted by Gasteiger charge is 2.18. The molecule has 3 rings (SSSR count). The van der Waals surface area contributed by atoms with Crippen LogP contribution in [0.1, 0.15) is 12.8 Å². The van der Waals surface area contributed by atoms with Gasteiger partial charge >= 0.3 is 0 Å². The van der Waals surface area contributed by atoms with Crippen LogP contribution in [0.25, 0.3) is 11.4 Å². The number of amides is 1. The number of thioether (sulfide) groups is 1. The summed E-state index contributed by atoms with van der Waals surface area (Å²) >= 11 is 1.31. The van der Waals surface area contributed by atoms with Crippen molar-refractivity contribution in [3.63, 3.8) is 0 Å². The summed E-state index contributed by atoms with van der Waals surface area (Å²) < 4.78 is 20.5. The third-order valence-electron chi connectivity index (χ3n) is 4.01. The Kier molecular flexibility index (Phi) is 6.40. The summed E-state index contributed by atoms with van der Waals surface area (Å²) in [6.45, 7) is 5.57. The number of carbonyl (C=O) groups excluding carboxylic acids is 1. The molecule has 1 atom stereocenters. The zero-order chi connectivity index (χ0) is 18.4. The van der Waals surface area contributed by atoms with Gasteiger partial charge in [-0.15, -0.1) is 16.8 Å². The summed E-state index contributed by atoms with van der Waals surface area (Å²) in [7, 11) is 0. The smallest absolute Gasteiger partial charge is 0.230 e. The van der Waals surface area contributed by atoms with E-state index in [0.29, 0.717) is 24.1 Å². The van der Waals surface area contributed by atoms with E-state index in [-0.39, 0.29) is 23.6 Å². The first-order valence-electron chi connectivity index (χ1n) is 8.48. The summed E-state index contributed by atoms with van der Waals surface area (Å²) in [5, 5.41) is 11.9. The monoisotopic (exact) mass is 376 g/mol. The third-order valence-corrected chi connectivity index (χ3v) is 4.98. The van der Waals surface area contributed by atoms with Crippen LogP contribution in [0.2, 0.25) is 0 Å². The molecule has 0 bridgehead atoms. The molecular formula is C18H21FN4O2S. The third kappa shape index (κ3) is 4.70. The van der Waals surface area contributed by atoms with E-state index in [1.54, 1.807) is 18.2 Å². The van der Waals surface area contributed by atoms with E-state index in [0.717, 1.165) is 25.0 Å². The molecule has 26 heavy (non-hydrogen) atoms. The number of allylic oxidation sites excluding steroid dienone is 1. The number of benzene rings is 1. The lowest BCUT2D eigenvalue weighted by molar-refractivity contribution is -0.119. The van der Waals surface area contributed by atoms with E-state index < -0.39 is 0 Å². The number of nitrogens with zero attached hydrogens (tertiary/aromatic N) is 3. The first-order chi connectivity index (χ1) is 12.7. The first kappa shape index (κ1) is 18.6. The van der Waals surface area contributed by atoms with Gasteiger partial charge in [-0.25, -0.2) is 4.39 Å². The number of hydrogen-bond acceptors (Lipinski definition) is 5. The summed E-state index contributed by atoms with van der Waals surface area (Å²) in [6, 6.07) is 6.07. The Morgan fingerprint density at radius 2 is 2.23 bits per heavy atom. The van der Waals surface area contributed by atoms with Crippen molar-refractivity contribution in [3.05, 3.63) is 42.7 Å². The lowest BCUT2D eigenvalue weighted by Crippen LogP contribution is -2.32. The molecule has 6 nitrogen and oxygen atoms in total. The molecule has 0 saturated carbocycles. The van der Waals surface area contributed by atoms with Gasteiger partial charge in [-0.05, 0) is 37.1 Å². The van der Waals surface area contributed by atoms with Crippen LogP contribution >= 0.6 is 11.8 Å². The Morgan fingerprint density at radius 1 is 1.42 bits per heavy atom. The summed E-state index contributed by atoms with van der Waals surface area (Å²) in [5.74, 6) is 0.487. The second-order valence-electron chi connectivity index (χ2n) is 5.94. The van der Waals surface area contributed by atoms with Crippen LogP contribution in [-0.2, 0) is 16.1 Å². The van der Waals surface area contributed by atoms with Crippen LogP contribution in [0.15, 0.2) is 42.1 Å². The molecule has 1 fully saturated rings. The van der Waals surface area contributed by atoms with Crippen LogP contribution in [0.5, 0.6) is 0 Å². The molecule has 1 N–H and O–H groups in total. The maximum absolute atomic E-state index is 13.1. The predicted molar refractivity (Wildman–Crippen MR) is 98.3 cm³/mol. The topological polar surface area (TPSA) is 69.0 Å². The molecule has 0 spiro atoms. The van der Waals surface area contributed by atoms with Crippen molar-refractivity contribution < 1.29 is 13.9 Å². The Morgan fingerprint density at radius 3 is 2.92 bits per heavy atom. The fraction of sp³-hybridized carbons (Fsp3) is 0.389. The quantitative estimate of drug-likeness (QED) is 0.567. The predicted octanol–water partition coefficient (Wildman–Crippen LogP) is 2.66. The maximum Gasteiger partial charge on any atom is 0.230 e. The van der Waals surface area contributed by atoms with Gasteiger partial charge in [-0.2, -0.15) is 0 Å². The minimum Gasteiger partial charge on any atom is -0.376 e. The summed E-state index contributed by atoms with van der Waals surface area (Å²) in [6.07, 6.45) is 3.89. The van der Waals surface area contributed by atoms with Crippen molar-refractivity contribution in [2.45, 2.75) is 30.6 Å². The fourth-order valence-electron chi connectivity index (χ4n) is 2.72. The van der Waals surface area contributed by atoms with Crippen LogP contribution in [-0.4, -0.2) is 45.7 Å². The highest BCUT2D eigenvalue weighted by atomic mass is 32.2. The lowest BCUT2D eigenvalue weighted by Gasteiger charge is -2.11. The van der Waals surface area contributed by atoms with Gasteiger partial charge in [0.2, 0.25) is 5.91 Å². The van der Waals surface area contributed by atoms with Crippen molar-refractivity contribution in [1.82, 2.24) is 20.1 Å². The number of hydrogen-bond donors (Lipinski definition) is 1. The van der Waals surface area contributed by atoms with Crippen LogP contribution < -0.4 is 5.32 Å². The molecule has 138 valence electrons. The molecule has 1 aromatic carbocycles. The van der Waals surface area contributed by atoms with Crippen LogP contribution in [0, 0.1) is 5.82 Å². The molecule has 1 saturated heterocycles. The van der Waals surface area contributed by atoms with Gasteiger partial charge in [0.1, 0.15) is 5.82 Å². The summed E-state index contributed by atoms with van der Waals surface area (Å²) in [5.41, 5.74) is 0.760. The van der Waals surface area contributed by atoms with E-state index in [1.807, 2.05) is 4.57 Å². The minimum atomic E-state index is -0.305. The molecule has 0 radical (unpaired) electrons. The van der Waals surface area contributed by atoms with Crippen molar-refractivity contribution in [1.29, 1.82) is 0 Å². The maximum atomic E-state index is 13.1. The molecule has 1 amide bonds. The molecule has 1 aliphatic rings. The van der Waals surface area contributed by atoms with Gasteiger partial charge in [0.05, 0.1) is 11.9 Å². The number of nitrogens with one attached hydrogen (secondary N) is 1. The largest absolute Gasteiger partial charge is 0.376 e. The number of carbonyl (C=O) groups is 1. The molecule has 0 aliphatic carbocycles. The summed E-state index contributed by atoms with van der Waals surface area (Å²) in [4.78, 5) is 12.0. The van der Waals surface area contributed by atoms with Gasteiger partial charge in [-0.3, -0.25) is 9.36 Å². The van der Waals surface area contributed by atoms with E-state index in [1.165, 1.54) is 23.9 Å². The van der Waals surface area contributed by atoms with Gasteiger partial charge in [0.25, 0.3) is 0 Å². The number of ether oxygens (including phenoxy) is 1. The zero-order valence-electron chi connectivity index (χ0n) is 14.4. The molecule has 1 aliphatic heterocycles. The standard InChI is InChI=1S/C18H21FN4O2S/c1-2-9-23-17(13-5-7-14(19)8-6-13)21-22-18(23)26-12-16(24)20-11-15-4-3-10-25-15/h2,5-8,15H,1,3-4,9-12H2,(H,20,24)/t15-/m0/s1. The Labute approximate surface area is 155 Å². The number of aromatic nitrogens is 3. The van der Waals surface area contributed by atoms with Crippen LogP contribution in [0.3, 0.4) is 0 Å². The Bertz CT molecular complexity index is 757. The van der Waals surface area contributed by atoms with Gasteiger partial charge in [0.15, 0.2) is 11.0 Å². The number of rotatable bonds is 8. The highest BCUT2D eigenvalue weighted by molar-refractivity contribution is 7.99. The SMILES string of the molecule is C=CCn1c(SCC(=O)NC[C@@H]2CCCO2)nnc1-c1ccc(F)cc1. The fourth-order valence-corrected chi connectivity index (χ4v) is 3.49. The van der Waals surface area contributed by atoms with Crippen molar-refractivity contribution >= 4 is 17.7 Å². The van der Waals surface area contributed by atoms with E-state index in [9.17, 15) is 9.18 Å². The van der Waals surface area contributed by atoms with Crippen molar-refractivity contribution in [2.24, 2.45) is 0 Å². The van der Waals surface area contributed by atoms with Gasteiger partial charge < -0.3 is 10.1 Å². The second kappa shape index (κ2) is 8.95. The molecule has 8 heteroatoms. The molecule has 2 aromatic rings. The van der Waals surface area contributed by atoms with Gasteiger partial charge in [-0.1, -0.05) is 17.8 Å². The average Bonchev–Trinajstić information content (AvgIpc) is 3.29.